The van der Waals surface area contributed by atoms with Crippen LogP contribution in [0.4, 0.5) is 8.78 Å². The molecule has 2 aromatic carbocycles. The predicted octanol–water partition coefficient (Wildman–Crippen LogP) is 3.53. The molecular weight excluding hydrogens is 561 g/mol. The number of thiazole rings is 1. The summed E-state index contributed by atoms with van der Waals surface area (Å²) in [7, 11) is 0. The van der Waals surface area contributed by atoms with Crippen LogP contribution in [0, 0.1) is 11.6 Å². The van der Waals surface area contributed by atoms with Crippen molar-refractivity contribution >= 4 is 63.9 Å². The summed E-state index contributed by atoms with van der Waals surface area (Å²) in [5, 5.41) is -0.0502. The summed E-state index contributed by atoms with van der Waals surface area (Å²) in [4.78, 5) is 40.0. The molecule has 38 heavy (non-hydrogen) atoms. The largest absolute Gasteiger partial charge is 0.463 e. The van der Waals surface area contributed by atoms with E-state index in [1.165, 1.54) is 36.4 Å². The first kappa shape index (κ1) is 27.6. The third-order valence-electron chi connectivity index (χ3n) is 5.70. The van der Waals surface area contributed by atoms with Crippen LogP contribution in [0.25, 0.3) is 17.5 Å². The quantitative estimate of drug-likeness (QED) is 0.448. The van der Waals surface area contributed by atoms with Crippen molar-refractivity contribution in [3.8, 4) is 0 Å². The van der Waals surface area contributed by atoms with Gasteiger partial charge in [-0.25, -0.2) is 18.4 Å². The van der Waals surface area contributed by atoms with Gasteiger partial charge in [-0.15, -0.1) is 11.3 Å². The molecule has 1 atom stereocenters. The van der Waals surface area contributed by atoms with E-state index in [1.54, 1.807) is 13.8 Å². The Hall–Kier alpha value is -3.47. The van der Waals surface area contributed by atoms with Gasteiger partial charge < -0.3 is 15.2 Å². The molecule has 2 N–H and O–H groups in total. The van der Waals surface area contributed by atoms with Gasteiger partial charge in [0, 0.05) is 16.1 Å². The maximum Gasteiger partial charge on any atom is 0.338 e. The Labute approximate surface area is 229 Å². The van der Waals surface area contributed by atoms with Gasteiger partial charge in [-0.05, 0) is 44.2 Å². The maximum absolute atomic E-state index is 15.3. The zero-order chi connectivity index (χ0) is 27.7. The number of halogens is 4. The fourth-order valence-electron chi connectivity index (χ4n) is 4.12. The molecule has 1 aliphatic rings. The van der Waals surface area contributed by atoms with Gasteiger partial charge in [-0.2, -0.15) is 0 Å². The van der Waals surface area contributed by atoms with Gasteiger partial charge in [0.05, 0.1) is 39.8 Å². The number of ether oxygens (including phenoxy) is 2. The van der Waals surface area contributed by atoms with Crippen molar-refractivity contribution in [1.29, 1.82) is 0 Å². The van der Waals surface area contributed by atoms with E-state index in [1.807, 2.05) is 0 Å². The van der Waals surface area contributed by atoms with Crippen molar-refractivity contribution in [1.82, 2.24) is 4.57 Å². The first-order chi connectivity index (χ1) is 18.1. The lowest BCUT2D eigenvalue weighted by molar-refractivity contribution is -0.138. The number of nitrogens with zero attached hydrogens (tertiary/aromatic N) is 1. The van der Waals surface area contributed by atoms with E-state index in [2.05, 4.69) is 0 Å². The Kier molecular flexibility index (Phi) is 8.05. The van der Waals surface area contributed by atoms with Gasteiger partial charge in [0.2, 0.25) is 0 Å². The number of esters is 2. The molecule has 0 amide bonds. The summed E-state index contributed by atoms with van der Waals surface area (Å²) in [5.41, 5.74) is 4.68. The molecule has 0 fully saturated rings. The Morgan fingerprint density at radius 1 is 1.00 bits per heavy atom. The van der Waals surface area contributed by atoms with Gasteiger partial charge in [-0.3, -0.25) is 9.36 Å². The van der Waals surface area contributed by atoms with Crippen LogP contribution in [-0.2, 0) is 19.1 Å². The zero-order valence-corrected chi connectivity index (χ0v) is 22.3. The van der Waals surface area contributed by atoms with Crippen molar-refractivity contribution in [2.75, 3.05) is 13.2 Å². The van der Waals surface area contributed by atoms with E-state index in [0.29, 0.717) is 0 Å². The monoisotopic (exact) mass is 580 g/mol. The second-order valence-electron chi connectivity index (χ2n) is 7.91. The van der Waals surface area contributed by atoms with E-state index in [4.69, 9.17) is 38.4 Å². The normalized spacial score (nSPS) is 15.5. The van der Waals surface area contributed by atoms with Crippen LogP contribution >= 0.6 is 34.5 Å². The standard InChI is InChI=1S/C26H20Cl2F2N2O5S/c1-3-36-25(34)20-19(18-14(28)8-6-10-16(18)30)21(26(35)37-4-2)24-32(22(20)31)23(33)17(38-24)11-12-13(27)7-5-9-15(12)29/h5-11,19H,3-4,31H2,1-2H3/b17-11+. The van der Waals surface area contributed by atoms with Crippen LogP contribution in [0.5, 0.6) is 0 Å². The number of carbonyl (C=O) groups is 2. The van der Waals surface area contributed by atoms with Crippen LogP contribution in [0.3, 0.4) is 0 Å². The number of rotatable bonds is 6. The summed E-state index contributed by atoms with van der Waals surface area (Å²) >= 11 is 13.3. The minimum absolute atomic E-state index is 0.0398. The highest BCUT2D eigenvalue weighted by atomic mass is 35.5. The lowest BCUT2D eigenvalue weighted by atomic mass is 9.82. The molecule has 0 saturated carbocycles. The average molecular weight is 581 g/mol. The van der Waals surface area contributed by atoms with Crippen LogP contribution in [0.2, 0.25) is 10.0 Å². The average Bonchev–Trinajstić information content (AvgIpc) is 3.17. The number of fused-ring (bicyclic) bond motifs is 1. The van der Waals surface area contributed by atoms with Crippen LogP contribution < -0.4 is 20.5 Å². The SMILES string of the molecule is CCOC(=O)C1=C(N)n2c(s/c(=C/c3c(F)cccc3Cl)c2=O)=C(C(=O)OCC)C1c1c(F)cccc1Cl. The summed E-state index contributed by atoms with van der Waals surface area (Å²) in [6, 6.07) is 7.87. The highest BCUT2D eigenvalue weighted by molar-refractivity contribution is 7.07. The summed E-state index contributed by atoms with van der Waals surface area (Å²) in [6.07, 6.45) is 1.21. The lowest BCUT2D eigenvalue weighted by Gasteiger charge is -2.27. The predicted molar refractivity (Wildman–Crippen MR) is 141 cm³/mol. The fourth-order valence-corrected chi connectivity index (χ4v) is 5.75. The van der Waals surface area contributed by atoms with E-state index >= 15 is 4.39 Å². The van der Waals surface area contributed by atoms with Crippen LogP contribution in [0.15, 0.2) is 46.8 Å². The first-order valence-corrected chi connectivity index (χ1v) is 12.9. The van der Waals surface area contributed by atoms with Crippen molar-refractivity contribution in [2.24, 2.45) is 5.73 Å². The summed E-state index contributed by atoms with van der Waals surface area (Å²) in [6.45, 7) is 2.97. The minimum atomic E-state index is -1.47. The Morgan fingerprint density at radius 3 is 2.16 bits per heavy atom. The number of nitrogens with two attached hydrogens (primary N) is 1. The van der Waals surface area contributed by atoms with Gasteiger partial charge in [-0.1, -0.05) is 35.3 Å². The van der Waals surface area contributed by atoms with Crippen molar-refractivity contribution < 1.29 is 27.8 Å². The van der Waals surface area contributed by atoms with E-state index < -0.39 is 40.9 Å². The molecule has 0 spiro atoms. The molecular formula is C26H20Cl2F2N2O5S. The number of carbonyl (C=O) groups excluding carboxylic acids is 2. The molecule has 12 heteroatoms. The van der Waals surface area contributed by atoms with Gasteiger partial charge in [0.15, 0.2) is 0 Å². The fraction of sp³-hybridized carbons (Fsp3) is 0.192. The number of hydrogen-bond donors (Lipinski definition) is 1. The number of hydrogen-bond acceptors (Lipinski definition) is 7. The van der Waals surface area contributed by atoms with Gasteiger partial charge in [0.1, 0.15) is 22.1 Å². The molecule has 0 saturated heterocycles. The minimum Gasteiger partial charge on any atom is -0.463 e. The molecule has 1 aliphatic heterocycles. The second kappa shape index (κ2) is 11.1. The Morgan fingerprint density at radius 2 is 1.58 bits per heavy atom. The molecule has 0 radical (unpaired) electrons. The molecule has 1 aromatic heterocycles. The second-order valence-corrected chi connectivity index (χ2v) is 9.76. The highest BCUT2D eigenvalue weighted by Gasteiger charge is 2.42. The molecule has 7 nitrogen and oxygen atoms in total. The third-order valence-corrected chi connectivity index (χ3v) is 7.47. The topological polar surface area (TPSA) is 101 Å². The van der Waals surface area contributed by atoms with Crippen molar-refractivity contribution in [2.45, 2.75) is 19.8 Å². The van der Waals surface area contributed by atoms with Gasteiger partial charge in [0.25, 0.3) is 5.56 Å². The smallest absolute Gasteiger partial charge is 0.338 e. The van der Waals surface area contributed by atoms with Gasteiger partial charge >= 0.3 is 11.9 Å². The van der Waals surface area contributed by atoms with Crippen molar-refractivity contribution in [3.63, 3.8) is 0 Å². The number of aromatic nitrogens is 1. The molecule has 0 bridgehead atoms. The molecule has 4 rings (SSSR count). The number of benzene rings is 2. The molecule has 3 aromatic rings. The van der Waals surface area contributed by atoms with E-state index in [9.17, 15) is 18.8 Å². The highest BCUT2D eigenvalue weighted by Crippen LogP contribution is 2.41. The lowest BCUT2D eigenvalue weighted by Crippen LogP contribution is -2.42. The molecule has 198 valence electrons. The molecule has 0 aliphatic carbocycles. The van der Waals surface area contributed by atoms with Crippen LogP contribution in [0.1, 0.15) is 30.9 Å². The Bertz CT molecular complexity index is 1640. The third kappa shape index (κ3) is 4.75. The van der Waals surface area contributed by atoms with E-state index in [0.717, 1.165) is 22.0 Å². The first-order valence-electron chi connectivity index (χ1n) is 11.3. The zero-order valence-electron chi connectivity index (χ0n) is 20.0. The van der Waals surface area contributed by atoms with Crippen LogP contribution in [-0.4, -0.2) is 29.7 Å². The molecule has 2 heterocycles. The van der Waals surface area contributed by atoms with Crippen molar-refractivity contribution in [3.05, 3.63) is 94.3 Å². The summed E-state index contributed by atoms with van der Waals surface area (Å²) < 4.78 is 41.0. The summed E-state index contributed by atoms with van der Waals surface area (Å²) in [5.74, 6) is -5.29. The Balaban J connectivity index is 2.20. The van der Waals surface area contributed by atoms with E-state index in [-0.39, 0.29) is 54.7 Å². The molecule has 1 unspecified atom stereocenters. The maximum atomic E-state index is 15.3.